The molecule has 2 atom stereocenters. The molecule has 1 saturated carbocycles. The van der Waals surface area contributed by atoms with E-state index < -0.39 is 0 Å². The summed E-state index contributed by atoms with van der Waals surface area (Å²) < 4.78 is 0. The van der Waals surface area contributed by atoms with Gasteiger partial charge in [0, 0.05) is 6.54 Å². The zero-order valence-electron chi connectivity index (χ0n) is 7.53. The van der Waals surface area contributed by atoms with Gasteiger partial charge in [0.1, 0.15) is 0 Å². The number of rotatable bonds is 0. The lowest BCUT2D eigenvalue weighted by molar-refractivity contribution is 0.0797. The standard InChI is InChI=1S/C10H19N/c1-10-6-3-2-4-9(10)5-7-11-8-10/h9,11H,2-8H2,1H3. The predicted molar refractivity (Wildman–Crippen MR) is 47.6 cm³/mol. The van der Waals surface area contributed by atoms with Crippen molar-refractivity contribution in [1.82, 2.24) is 5.32 Å². The van der Waals surface area contributed by atoms with Gasteiger partial charge in [0.05, 0.1) is 0 Å². The van der Waals surface area contributed by atoms with E-state index in [1.165, 1.54) is 45.2 Å². The molecular weight excluding hydrogens is 134 g/mol. The largest absolute Gasteiger partial charge is 0.316 e. The molecule has 1 N–H and O–H groups in total. The minimum absolute atomic E-state index is 0.663. The fourth-order valence-corrected chi connectivity index (χ4v) is 2.85. The van der Waals surface area contributed by atoms with E-state index in [1.807, 2.05) is 0 Å². The van der Waals surface area contributed by atoms with Crippen molar-refractivity contribution >= 4 is 0 Å². The van der Waals surface area contributed by atoms with Crippen molar-refractivity contribution in [1.29, 1.82) is 0 Å². The van der Waals surface area contributed by atoms with Gasteiger partial charge in [0.2, 0.25) is 0 Å². The lowest BCUT2D eigenvalue weighted by Gasteiger charge is -2.45. The third kappa shape index (κ3) is 1.31. The van der Waals surface area contributed by atoms with Gasteiger partial charge in [-0.15, -0.1) is 0 Å². The summed E-state index contributed by atoms with van der Waals surface area (Å²) in [7, 11) is 0. The third-order valence-electron chi connectivity index (χ3n) is 3.73. The third-order valence-corrected chi connectivity index (χ3v) is 3.73. The average molecular weight is 153 g/mol. The number of hydrogen-bond acceptors (Lipinski definition) is 1. The fourth-order valence-electron chi connectivity index (χ4n) is 2.85. The van der Waals surface area contributed by atoms with Crippen molar-refractivity contribution in [2.24, 2.45) is 11.3 Å². The Balaban J connectivity index is 2.06. The average Bonchev–Trinajstić information content (AvgIpc) is 2.03. The molecular formula is C10H19N. The second-order valence-electron chi connectivity index (χ2n) is 4.56. The molecule has 1 heterocycles. The number of hydrogen-bond donors (Lipinski definition) is 1. The van der Waals surface area contributed by atoms with Crippen LogP contribution >= 0.6 is 0 Å². The van der Waals surface area contributed by atoms with Crippen molar-refractivity contribution in [2.45, 2.75) is 39.0 Å². The van der Waals surface area contributed by atoms with E-state index in [0.29, 0.717) is 5.41 Å². The Morgan fingerprint density at radius 1 is 1.27 bits per heavy atom. The zero-order chi connectivity index (χ0) is 7.73. The van der Waals surface area contributed by atoms with Crippen LogP contribution in [0, 0.1) is 11.3 Å². The molecule has 0 bridgehead atoms. The molecule has 64 valence electrons. The molecule has 2 aliphatic rings. The Kier molecular flexibility index (Phi) is 1.92. The molecule has 0 aromatic carbocycles. The van der Waals surface area contributed by atoms with Crippen LogP contribution in [-0.4, -0.2) is 13.1 Å². The summed E-state index contributed by atoms with van der Waals surface area (Å²) in [4.78, 5) is 0. The van der Waals surface area contributed by atoms with Crippen LogP contribution < -0.4 is 5.32 Å². The van der Waals surface area contributed by atoms with E-state index in [2.05, 4.69) is 12.2 Å². The second kappa shape index (κ2) is 2.78. The van der Waals surface area contributed by atoms with E-state index in [1.54, 1.807) is 0 Å². The van der Waals surface area contributed by atoms with Gasteiger partial charge in [0.25, 0.3) is 0 Å². The second-order valence-corrected chi connectivity index (χ2v) is 4.56. The molecule has 1 aliphatic heterocycles. The maximum Gasteiger partial charge on any atom is 0.000782 e. The maximum absolute atomic E-state index is 3.52. The molecule has 2 rings (SSSR count). The normalized spacial score (nSPS) is 45.0. The molecule has 1 heteroatoms. The SMILES string of the molecule is CC12CCCCC1CCNC2. The van der Waals surface area contributed by atoms with E-state index in [-0.39, 0.29) is 0 Å². The van der Waals surface area contributed by atoms with Crippen molar-refractivity contribution in [3.8, 4) is 0 Å². The van der Waals surface area contributed by atoms with Crippen LogP contribution in [-0.2, 0) is 0 Å². The fraction of sp³-hybridized carbons (Fsp3) is 1.00. The van der Waals surface area contributed by atoms with Gasteiger partial charge in [0.15, 0.2) is 0 Å². The van der Waals surface area contributed by atoms with Gasteiger partial charge in [-0.3, -0.25) is 0 Å². The Morgan fingerprint density at radius 3 is 3.00 bits per heavy atom. The highest BCUT2D eigenvalue weighted by Gasteiger charge is 2.37. The minimum atomic E-state index is 0.663. The zero-order valence-corrected chi connectivity index (χ0v) is 7.53. The molecule has 1 saturated heterocycles. The van der Waals surface area contributed by atoms with E-state index in [4.69, 9.17) is 0 Å². The van der Waals surface area contributed by atoms with Crippen LogP contribution in [0.25, 0.3) is 0 Å². The molecule has 0 amide bonds. The smallest absolute Gasteiger partial charge is 0.000782 e. The first-order valence-electron chi connectivity index (χ1n) is 5.02. The highest BCUT2D eigenvalue weighted by atomic mass is 14.9. The Bertz CT molecular complexity index is 130. The quantitative estimate of drug-likeness (QED) is 0.562. The molecule has 0 radical (unpaired) electrons. The summed E-state index contributed by atoms with van der Waals surface area (Å²) >= 11 is 0. The summed E-state index contributed by atoms with van der Waals surface area (Å²) in [6, 6.07) is 0. The minimum Gasteiger partial charge on any atom is -0.316 e. The van der Waals surface area contributed by atoms with Crippen molar-refractivity contribution in [3.05, 3.63) is 0 Å². The first-order valence-corrected chi connectivity index (χ1v) is 5.02. The maximum atomic E-state index is 3.52. The number of nitrogens with one attached hydrogen (secondary N) is 1. The Morgan fingerprint density at radius 2 is 2.18 bits per heavy atom. The van der Waals surface area contributed by atoms with Crippen LogP contribution in [0.2, 0.25) is 0 Å². The van der Waals surface area contributed by atoms with Crippen LogP contribution in [0.1, 0.15) is 39.0 Å². The highest BCUT2D eigenvalue weighted by Crippen LogP contribution is 2.43. The first-order chi connectivity index (χ1) is 5.31. The molecule has 0 aromatic rings. The topological polar surface area (TPSA) is 12.0 Å². The van der Waals surface area contributed by atoms with Gasteiger partial charge in [-0.25, -0.2) is 0 Å². The molecule has 2 fully saturated rings. The van der Waals surface area contributed by atoms with E-state index in [0.717, 1.165) is 5.92 Å². The van der Waals surface area contributed by atoms with Crippen molar-refractivity contribution in [2.75, 3.05) is 13.1 Å². The molecule has 1 aliphatic carbocycles. The van der Waals surface area contributed by atoms with Gasteiger partial charge in [-0.05, 0) is 37.1 Å². The lowest BCUT2D eigenvalue weighted by Crippen LogP contribution is -2.46. The van der Waals surface area contributed by atoms with Gasteiger partial charge >= 0.3 is 0 Å². The summed E-state index contributed by atoms with van der Waals surface area (Å²) in [5, 5.41) is 3.52. The van der Waals surface area contributed by atoms with Gasteiger partial charge in [-0.2, -0.15) is 0 Å². The highest BCUT2D eigenvalue weighted by molar-refractivity contribution is 4.91. The Hall–Kier alpha value is -0.0400. The van der Waals surface area contributed by atoms with Crippen LogP contribution in [0.4, 0.5) is 0 Å². The molecule has 2 unspecified atom stereocenters. The van der Waals surface area contributed by atoms with Crippen LogP contribution in [0.3, 0.4) is 0 Å². The lowest BCUT2D eigenvalue weighted by atomic mass is 9.65. The summed E-state index contributed by atoms with van der Waals surface area (Å²) in [5.74, 6) is 1.04. The first kappa shape index (κ1) is 7.60. The monoisotopic (exact) mass is 153 g/mol. The van der Waals surface area contributed by atoms with E-state index in [9.17, 15) is 0 Å². The summed E-state index contributed by atoms with van der Waals surface area (Å²) in [6.45, 7) is 5.01. The van der Waals surface area contributed by atoms with Gasteiger partial charge in [-0.1, -0.05) is 19.8 Å². The van der Waals surface area contributed by atoms with Crippen molar-refractivity contribution < 1.29 is 0 Å². The summed E-state index contributed by atoms with van der Waals surface area (Å²) in [6.07, 6.45) is 7.34. The molecule has 0 aromatic heterocycles. The molecule has 1 nitrogen and oxygen atoms in total. The van der Waals surface area contributed by atoms with E-state index >= 15 is 0 Å². The summed E-state index contributed by atoms with van der Waals surface area (Å²) in [5.41, 5.74) is 0.663. The van der Waals surface area contributed by atoms with Crippen LogP contribution in [0.5, 0.6) is 0 Å². The molecule has 0 spiro atoms. The van der Waals surface area contributed by atoms with Crippen LogP contribution in [0.15, 0.2) is 0 Å². The number of piperidine rings is 1. The Labute approximate surface area is 69.6 Å². The number of fused-ring (bicyclic) bond motifs is 1. The molecule has 11 heavy (non-hydrogen) atoms. The predicted octanol–water partition coefficient (Wildman–Crippen LogP) is 2.18. The van der Waals surface area contributed by atoms with Crippen molar-refractivity contribution in [3.63, 3.8) is 0 Å². The van der Waals surface area contributed by atoms with Gasteiger partial charge < -0.3 is 5.32 Å².